The van der Waals surface area contributed by atoms with Crippen LogP contribution in [0, 0.1) is 5.92 Å². The van der Waals surface area contributed by atoms with Gasteiger partial charge in [-0.15, -0.1) is 0 Å². The van der Waals surface area contributed by atoms with Crippen molar-refractivity contribution in [3.8, 4) is 0 Å². The summed E-state index contributed by atoms with van der Waals surface area (Å²) in [5.41, 5.74) is 0. The average molecular weight is 146 g/mol. The van der Waals surface area contributed by atoms with Crippen molar-refractivity contribution in [1.29, 1.82) is 0 Å². The Morgan fingerprint density at radius 1 is 1.33 bits per heavy atom. The lowest BCUT2D eigenvalue weighted by atomic mass is 10.0. The van der Waals surface area contributed by atoms with Crippen LogP contribution in [0.2, 0.25) is 0 Å². The van der Waals surface area contributed by atoms with E-state index in [1.54, 1.807) is 0 Å². The van der Waals surface area contributed by atoms with E-state index in [1.165, 1.54) is 25.7 Å². The van der Waals surface area contributed by atoms with E-state index in [1.807, 2.05) is 0 Å². The Balaban J connectivity index is 2.95. The molecule has 0 nitrogen and oxygen atoms in total. The second-order valence-electron chi connectivity index (χ2n) is 2.76. The highest BCUT2D eigenvalue weighted by Gasteiger charge is 1.97. The van der Waals surface area contributed by atoms with Crippen molar-refractivity contribution < 1.29 is 0 Å². The first-order valence-electron chi connectivity index (χ1n) is 3.92. The van der Waals surface area contributed by atoms with Crippen LogP contribution in [-0.4, -0.2) is 5.75 Å². The molecule has 0 rings (SSSR count). The summed E-state index contributed by atoms with van der Waals surface area (Å²) in [4.78, 5) is 0. The lowest BCUT2D eigenvalue weighted by Gasteiger charge is -2.06. The Morgan fingerprint density at radius 3 is 2.44 bits per heavy atom. The van der Waals surface area contributed by atoms with Crippen LogP contribution in [0.3, 0.4) is 0 Å². The van der Waals surface area contributed by atoms with Gasteiger partial charge in [0.05, 0.1) is 0 Å². The zero-order chi connectivity index (χ0) is 7.11. The molecule has 1 unspecified atom stereocenters. The van der Waals surface area contributed by atoms with Crippen molar-refractivity contribution in [2.75, 3.05) is 5.75 Å². The molecule has 0 bridgehead atoms. The van der Waals surface area contributed by atoms with Gasteiger partial charge in [0.15, 0.2) is 0 Å². The minimum Gasteiger partial charge on any atom is -0.179 e. The average Bonchev–Trinajstić information content (AvgIpc) is 1.85. The molecular formula is C8H18S. The number of unbranched alkanes of at least 4 members (excludes halogenated alkanes) is 1. The van der Waals surface area contributed by atoms with Crippen molar-refractivity contribution in [2.24, 2.45) is 5.92 Å². The van der Waals surface area contributed by atoms with Gasteiger partial charge in [0.1, 0.15) is 0 Å². The standard InChI is InChI=1S/C8H18S/c1-3-4-5-8(2)6-7-9/h8-9H,3-7H2,1-2H3. The Kier molecular flexibility index (Phi) is 6.72. The SMILES string of the molecule is CCCCC(C)CCS. The molecule has 0 saturated carbocycles. The molecule has 0 aliphatic heterocycles. The third-order valence-electron chi connectivity index (χ3n) is 1.67. The molecule has 0 aromatic heterocycles. The Labute approximate surface area is 64.4 Å². The molecule has 56 valence electrons. The van der Waals surface area contributed by atoms with Crippen LogP contribution in [-0.2, 0) is 0 Å². The quantitative estimate of drug-likeness (QED) is 0.566. The van der Waals surface area contributed by atoms with Crippen molar-refractivity contribution in [3.05, 3.63) is 0 Å². The van der Waals surface area contributed by atoms with E-state index >= 15 is 0 Å². The van der Waals surface area contributed by atoms with Gasteiger partial charge in [-0.2, -0.15) is 12.6 Å². The summed E-state index contributed by atoms with van der Waals surface area (Å²) in [6, 6.07) is 0. The van der Waals surface area contributed by atoms with Gasteiger partial charge >= 0.3 is 0 Å². The summed E-state index contributed by atoms with van der Waals surface area (Å²) >= 11 is 4.18. The Hall–Kier alpha value is 0.350. The van der Waals surface area contributed by atoms with Crippen LogP contribution in [0.25, 0.3) is 0 Å². The molecule has 0 saturated heterocycles. The van der Waals surface area contributed by atoms with Crippen LogP contribution in [0.5, 0.6) is 0 Å². The topological polar surface area (TPSA) is 0 Å². The molecule has 0 aromatic rings. The maximum atomic E-state index is 4.18. The fraction of sp³-hybridized carbons (Fsp3) is 1.00. The number of hydrogen-bond donors (Lipinski definition) is 1. The molecule has 0 heterocycles. The van der Waals surface area contributed by atoms with Crippen molar-refractivity contribution in [2.45, 2.75) is 39.5 Å². The fourth-order valence-corrected chi connectivity index (χ4v) is 1.36. The lowest BCUT2D eigenvalue weighted by Crippen LogP contribution is -1.94. The molecule has 0 fully saturated rings. The molecule has 0 radical (unpaired) electrons. The van der Waals surface area contributed by atoms with Gasteiger partial charge in [0.2, 0.25) is 0 Å². The van der Waals surface area contributed by atoms with Crippen LogP contribution in [0.1, 0.15) is 39.5 Å². The summed E-state index contributed by atoms with van der Waals surface area (Å²) in [7, 11) is 0. The minimum absolute atomic E-state index is 0.891. The van der Waals surface area contributed by atoms with Crippen molar-refractivity contribution >= 4 is 12.6 Å². The van der Waals surface area contributed by atoms with Crippen LogP contribution in [0.4, 0.5) is 0 Å². The van der Waals surface area contributed by atoms with Gasteiger partial charge in [-0.1, -0.05) is 33.1 Å². The first-order chi connectivity index (χ1) is 4.31. The first kappa shape index (κ1) is 9.35. The second kappa shape index (κ2) is 6.47. The van der Waals surface area contributed by atoms with E-state index in [0.717, 1.165) is 11.7 Å². The Morgan fingerprint density at radius 2 is 2.00 bits per heavy atom. The number of hydrogen-bond acceptors (Lipinski definition) is 1. The van der Waals surface area contributed by atoms with Crippen LogP contribution < -0.4 is 0 Å². The molecule has 0 aromatic carbocycles. The zero-order valence-corrected chi connectivity index (χ0v) is 7.45. The molecule has 1 heteroatoms. The second-order valence-corrected chi connectivity index (χ2v) is 3.21. The normalized spacial score (nSPS) is 13.7. The molecule has 0 N–H and O–H groups in total. The van der Waals surface area contributed by atoms with E-state index in [4.69, 9.17) is 0 Å². The number of rotatable bonds is 5. The maximum Gasteiger partial charge on any atom is -0.00954 e. The molecule has 0 aliphatic carbocycles. The van der Waals surface area contributed by atoms with E-state index in [2.05, 4.69) is 26.5 Å². The molecule has 0 amide bonds. The van der Waals surface area contributed by atoms with Gasteiger partial charge in [0, 0.05) is 0 Å². The minimum atomic E-state index is 0.891. The van der Waals surface area contributed by atoms with Gasteiger partial charge in [0.25, 0.3) is 0 Å². The summed E-state index contributed by atoms with van der Waals surface area (Å²) in [5, 5.41) is 0. The molecule has 0 aliphatic rings. The summed E-state index contributed by atoms with van der Waals surface area (Å²) in [5.74, 6) is 1.94. The Bertz CT molecular complexity index is 52.5. The molecule has 0 spiro atoms. The lowest BCUT2D eigenvalue weighted by molar-refractivity contribution is 0.495. The maximum absolute atomic E-state index is 4.18. The zero-order valence-electron chi connectivity index (χ0n) is 6.56. The predicted molar refractivity (Wildman–Crippen MR) is 47.2 cm³/mol. The van der Waals surface area contributed by atoms with Crippen molar-refractivity contribution in [3.63, 3.8) is 0 Å². The van der Waals surface area contributed by atoms with E-state index < -0.39 is 0 Å². The highest BCUT2D eigenvalue weighted by molar-refractivity contribution is 7.80. The molecule has 1 atom stereocenters. The summed E-state index contributed by atoms with van der Waals surface area (Å²) < 4.78 is 0. The third-order valence-corrected chi connectivity index (χ3v) is 1.93. The van der Waals surface area contributed by atoms with E-state index in [0.29, 0.717) is 0 Å². The largest absolute Gasteiger partial charge is 0.179 e. The summed E-state index contributed by atoms with van der Waals surface area (Å²) in [6.45, 7) is 4.55. The van der Waals surface area contributed by atoms with E-state index in [9.17, 15) is 0 Å². The summed E-state index contributed by atoms with van der Waals surface area (Å²) in [6.07, 6.45) is 5.38. The number of thiol groups is 1. The van der Waals surface area contributed by atoms with Gasteiger partial charge in [-0.3, -0.25) is 0 Å². The van der Waals surface area contributed by atoms with Crippen LogP contribution >= 0.6 is 12.6 Å². The fourth-order valence-electron chi connectivity index (χ4n) is 0.917. The molecule has 9 heavy (non-hydrogen) atoms. The first-order valence-corrected chi connectivity index (χ1v) is 4.55. The van der Waals surface area contributed by atoms with Crippen LogP contribution in [0.15, 0.2) is 0 Å². The third kappa shape index (κ3) is 6.23. The highest BCUT2D eigenvalue weighted by atomic mass is 32.1. The van der Waals surface area contributed by atoms with Crippen molar-refractivity contribution in [1.82, 2.24) is 0 Å². The highest BCUT2D eigenvalue weighted by Crippen LogP contribution is 2.11. The monoisotopic (exact) mass is 146 g/mol. The van der Waals surface area contributed by atoms with E-state index in [-0.39, 0.29) is 0 Å². The van der Waals surface area contributed by atoms with Gasteiger partial charge in [-0.05, 0) is 18.1 Å². The smallest absolute Gasteiger partial charge is 0.00954 e. The van der Waals surface area contributed by atoms with Gasteiger partial charge < -0.3 is 0 Å². The van der Waals surface area contributed by atoms with Gasteiger partial charge in [-0.25, -0.2) is 0 Å². The predicted octanol–water partition coefficient (Wildman–Crippen LogP) is 3.13. The molecular weight excluding hydrogens is 128 g/mol.